The highest BCUT2D eigenvalue weighted by Gasteiger charge is 2.07. The Bertz CT molecular complexity index is 990. The minimum Gasteiger partial charge on any atom is -0.399 e. The standard InChI is InChI=1S/C17H13F2N3O.C3H4O/c18-13-7-12(8-14(19)9-13)16-4-5-17(23)22(21-16)10-11-2-1-3-15(20)6-11;1-2-3-4/h1-9H,10,20H2;2-3H,1H2. The summed E-state index contributed by atoms with van der Waals surface area (Å²) in [5, 5.41) is 4.18. The van der Waals surface area contributed by atoms with Gasteiger partial charge in [0.1, 0.15) is 17.9 Å². The molecule has 0 aliphatic carbocycles. The van der Waals surface area contributed by atoms with E-state index in [1.165, 1.54) is 35.0 Å². The van der Waals surface area contributed by atoms with Crippen molar-refractivity contribution in [3.63, 3.8) is 0 Å². The summed E-state index contributed by atoms with van der Waals surface area (Å²) < 4.78 is 27.9. The number of hydrogen-bond acceptors (Lipinski definition) is 4. The maximum absolute atomic E-state index is 13.3. The number of nitrogen functional groups attached to an aromatic ring is 1. The molecule has 3 rings (SSSR count). The first-order valence-electron chi connectivity index (χ1n) is 7.88. The van der Waals surface area contributed by atoms with Crippen LogP contribution in [0.3, 0.4) is 0 Å². The van der Waals surface area contributed by atoms with Gasteiger partial charge in [-0.15, -0.1) is 0 Å². The van der Waals surface area contributed by atoms with Gasteiger partial charge < -0.3 is 5.73 Å². The fourth-order valence-corrected chi connectivity index (χ4v) is 2.28. The summed E-state index contributed by atoms with van der Waals surface area (Å²) in [7, 11) is 0. The Hall–Kier alpha value is -3.61. The van der Waals surface area contributed by atoms with Gasteiger partial charge >= 0.3 is 0 Å². The van der Waals surface area contributed by atoms with Crippen LogP contribution in [0.2, 0.25) is 0 Å². The summed E-state index contributed by atoms with van der Waals surface area (Å²) >= 11 is 0. The summed E-state index contributed by atoms with van der Waals surface area (Å²) in [4.78, 5) is 21.0. The van der Waals surface area contributed by atoms with Gasteiger partial charge in [-0.25, -0.2) is 13.5 Å². The Balaban J connectivity index is 0.000000596. The minimum absolute atomic E-state index is 0.218. The van der Waals surface area contributed by atoms with Gasteiger partial charge in [0.15, 0.2) is 0 Å². The summed E-state index contributed by atoms with van der Waals surface area (Å²) in [6.07, 6.45) is 1.83. The van der Waals surface area contributed by atoms with Crippen molar-refractivity contribution in [2.75, 3.05) is 5.73 Å². The number of aldehydes is 1. The van der Waals surface area contributed by atoms with Gasteiger partial charge in [-0.05, 0) is 42.0 Å². The third-order valence-electron chi connectivity index (χ3n) is 3.40. The van der Waals surface area contributed by atoms with Crippen LogP contribution < -0.4 is 11.3 Å². The molecule has 0 aliphatic rings. The van der Waals surface area contributed by atoms with Crippen LogP contribution in [-0.2, 0) is 11.3 Å². The van der Waals surface area contributed by atoms with Crippen LogP contribution in [0.15, 0.2) is 72.0 Å². The van der Waals surface area contributed by atoms with Crippen molar-refractivity contribution in [2.45, 2.75) is 6.54 Å². The average molecular weight is 369 g/mol. The number of nitrogens with zero attached hydrogens (tertiary/aromatic N) is 2. The molecule has 0 radical (unpaired) electrons. The molecule has 7 heteroatoms. The molecule has 0 amide bonds. The zero-order valence-electron chi connectivity index (χ0n) is 14.3. The van der Waals surface area contributed by atoms with E-state index < -0.39 is 11.6 Å². The monoisotopic (exact) mass is 369 g/mol. The van der Waals surface area contributed by atoms with E-state index in [2.05, 4.69) is 11.7 Å². The molecule has 138 valence electrons. The van der Waals surface area contributed by atoms with Crippen LogP contribution in [-0.4, -0.2) is 16.1 Å². The number of benzene rings is 2. The van der Waals surface area contributed by atoms with Crippen molar-refractivity contribution in [2.24, 2.45) is 0 Å². The van der Waals surface area contributed by atoms with Crippen LogP contribution in [0.5, 0.6) is 0 Å². The number of carbonyl (C=O) groups is 1. The molecular weight excluding hydrogens is 352 g/mol. The van der Waals surface area contributed by atoms with Gasteiger partial charge in [0.2, 0.25) is 0 Å². The predicted octanol–water partition coefficient (Wildman–Crippen LogP) is 3.19. The van der Waals surface area contributed by atoms with E-state index in [0.29, 0.717) is 17.7 Å². The molecule has 0 saturated heterocycles. The van der Waals surface area contributed by atoms with Crippen molar-refractivity contribution in [1.29, 1.82) is 0 Å². The Morgan fingerprint density at radius 1 is 1.07 bits per heavy atom. The first-order chi connectivity index (χ1) is 12.9. The van der Waals surface area contributed by atoms with Crippen molar-refractivity contribution in [1.82, 2.24) is 9.78 Å². The number of allylic oxidation sites excluding steroid dienone is 1. The SMILES string of the molecule is C=CC=O.Nc1cccc(Cn2nc(-c3cc(F)cc(F)c3)ccc2=O)c1. The summed E-state index contributed by atoms with van der Waals surface area (Å²) in [6, 6.07) is 13.0. The molecule has 2 aromatic carbocycles. The molecule has 1 aromatic heterocycles. The predicted molar refractivity (Wildman–Crippen MR) is 100 cm³/mol. The van der Waals surface area contributed by atoms with Crippen molar-refractivity contribution < 1.29 is 13.6 Å². The van der Waals surface area contributed by atoms with Crippen LogP contribution in [0.1, 0.15) is 5.56 Å². The second-order valence-electron chi connectivity index (χ2n) is 5.49. The fourth-order valence-electron chi connectivity index (χ4n) is 2.28. The molecule has 0 atom stereocenters. The number of halogens is 2. The molecule has 1 heterocycles. The maximum Gasteiger partial charge on any atom is 0.267 e. The molecule has 0 fully saturated rings. The summed E-state index contributed by atoms with van der Waals surface area (Å²) in [5.74, 6) is -1.40. The summed E-state index contributed by atoms with van der Waals surface area (Å²) in [5.41, 5.74) is 7.37. The van der Waals surface area contributed by atoms with E-state index in [0.717, 1.165) is 11.6 Å². The van der Waals surface area contributed by atoms with Gasteiger partial charge in [0, 0.05) is 23.4 Å². The Morgan fingerprint density at radius 3 is 2.33 bits per heavy atom. The molecule has 0 spiro atoms. The highest BCUT2D eigenvalue weighted by molar-refractivity contribution is 5.63. The van der Waals surface area contributed by atoms with Crippen LogP contribution >= 0.6 is 0 Å². The van der Waals surface area contributed by atoms with Crippen molar-refractivity contribution >= 4 is 12.0 Å². The highest BCUT2D eigenvalue weighted by Crippen LogP contribution is 2.18. The Morgan fingerprint density at radius 2 is 1.74 bits per heavy atom. The Labute approximate surface area is 154 Å². The zero-order chi connectivity index (χ0) is 19.8. The third-order valence-corrected chi connectivity index (χ3v) is 3.40. The number of carbonyl (C=O) groups excluding carboxylic acids is 1. The number of aromatic nitrogens is 2. The van der Waals surface area contributed by atoms with Gasteiger partial charge in [0.05, 0.1) is 12.2 Å². The minimum atomic E-state index is -0.699. The van der Waals surface area contributed by atoms with Gasteiger partial charge in [0.25, 0.3) is 5.56 Å². The van der Waals surface area contributed by atoms with Crippen LogP contribution in [0.25, 0.3) is 11.3 Å². The lowest BCUT2D eigenvalue weighted by molar-refractivity contribution is -0.104. The molecule has 5 nitrogen and oxygen atoms in total. The van der Waals surface area contributed by atoms with Crippen LogP contribution in [0.4, 0.5) is 14.5 Å². The van der Waals surface area contributed by atoms with Gasteiger partial charge in [-0.1, -0.05) is 18.7 Å². The molecule has 0 saturated carbocycles. The Kier molecular flexibility index (Phi) is 6.71. The molecule has 0 unspecified atom stereocenters. The number of hydrogen-bond donors (Lipinski definition) is 1. The average Bonchev–Trinajstić information content (AvgIpc) is 2.63. The molecule has 0 aliphatic heterocycles. The van der Waals surface area contributed by atoms with Gasteiger partial charge in [-0.3, -0.25) is 9.59 Å². The maximum atomic E-state index is 13.3. The van der Waals surface area contributed by atoms with E-state index >= 15 is 0 Å². The van der Waals surface area contributed by atoms with Crippen molar-refractivity contribution in [3.8, 4) is 11.3 Å². The number of rotatable bonds is 4. The number of anilines is 1. The molecule has 0 bridgehead atoms. The quantitative estimate of drug-likeness (QED) is 0.435. The zero-order valence-corrected chi connectivity index (χ0v) is 14.3. The molecule has 27 heavy (non-hydrogen) atoms. The largest absolute Gasteiger partial charge is 0.399 e. The fraction of sp³-hybridized carbons (Fsp3) is 0.0500. The number of nitrogens with two attached hydrogens (primary N) is 1. The summed E-state index contributed by atoms with van der Waals surface area (Å²) in [6.45, 7) is 3.33. The van der Waals surface area contributed by atoms with E-state index in [9.17, 15) is 13.6 Å². The second-order valence-corrected chi connectivity index (χ2v) is 5.49. The third kappa shape index (κ3) is 5.71. The molecule has 3 aromatic rings. The molecular formula is C20H17F2N3O2. The van der Waals surface area contributed by atoms with Gasteiger partial charge in [-0.2, -0.15) is 5.10 Å². The van der Waals surface area contributed by atoms with E-state index in [-0.39, 0.29) is 17.7 Å². The van der Waals surface area contributed by atoms with E-state index in [4.69, 9.17) is 10.5 Å². The lowest BCUT2D eigenvalue weighted by Crippen LogP contribution is -2.22. The molecule has 2 N–H and O–H groups in total. The smallest absolute Gasteiger partial charge is 0.267 e. The highest BCUT2D eigenvalue weighted by atomic mass is 19.1. The lowest BCUT2D eigenvalue weighted by atomic mass is 10.1. The van der Waals surface area contributed by atoms with Crippen LogP contribution in [0, 0.1) is 11.6 Å². The lowest BCUT2D eigenvalue weighted by Gasteiger charge is -2.08. The second kappa shape index (κ2) is 9.19. The first-order valence-corrected chi connectivity index (χ1v) is 7.88. The van der Waals surface area contributed by atoms with Crippen molar-refractivity contribution in [3.05, 3.63) is 94.8 Å². The topological polar surface area (TPSA) is 78.0 Å². The first kappa shape index (κ1) is 19.7. The normalized spacial score (nSPS) is 9.85. The van der Waals surface area contributed by atoms with E-state index in [1.807, 2.05) is 6.07 Å². The van der Waals surface area contributed by atoms with E-state index in [1.54, 1.807) is 18.2 Å².